The Morgan fingerprint density at radius 2 is 1.12 bits per heavy atom. The van der Waals surface area contributed by atoms with Crippen molar-refractivity contribution in [3.05, 3.63) is 71.8 Å². The zero-order chi connectivity index (χ0) is 37.3. The van der Waals surface area contributed by atoms with Gasteiger partial charge in [0.15, 0.2) is 5.78 Å². The summed E-state index contributed by atoms with van der Waals surface area (Å²) >= 11 is 0. The quantitative estimate of drug-likeness (QED) is 0.165. The van der Waals surface area contributed by atoms with Gasteiger partial charge in [-0.2, -0.15) is 0 Å². The first-order valence-corrected chi connectivity index (χ1v) is 18.4. The van der Waals surface area contributed by atoms with E-state index in [1.807, 2.05) is 107 Å². The van der Waals surface area contributed by atoms with Crippen LogP contribution in [0.3, 0.4) is 0 Å². The average molecular weight is 706 g/mol. The van der Waals surface area contributed by atoms with Crippen molar-refractivity contribution in [2.24, 2.45) is 17.8 Å². The highest BCUT2D eigenvalue weighted by atomic mass is 16.5. The number of ketones is 1. The lowest BCUT2D eigenvalue weighted by Gasteiger charge is -2.29. The monoisotopic (exact) mass is 705 g/mol. The van der Waals surface area contributed by atoms with Crippen molar-refractivity contribution in [3.8, 4) is 0 Å². The van der Waals surface area contributed by atoms with Crippen LogP contribution < -0.4 is 21.3 Å². The third-order valence-corrected chi connectivity index (χ3v) is 8.88. The molecule has 2 aromatic carbocycles. The normalized spacial score (nSPS) is 15.9. The maximum Gasteiger partial charge on any atom is 0.243 e. The van der Waals surface area contributed by atoms with Crippen LogP contribution in [0.1, 0.15) is 71.9 Å². The molecule has 11 nitrogen and oxygen atoms in total. The lowest BCUT2D eigenvalue weighted by molar-refractivity contribution is -0.135. The molecule has 1 heterocycles. The van der Waals surface area contributed by atoms with Gasteiger partial charge in [0, 0.05) is 25.4 Å². The van der Waals surface area contributed by atoms with Gasteiger partial charge in [-0.1, -0.05) is 102 Å². The van der Waals surface area contributed by atoms with E-state index in [9.17, 15) is 24.0 Å². The smallest absolute Gasteiger partial charge is 0.243 e. The zero-order valence-electron chi connectivity index (χ0n) is 31.3. The summed E-state index contributed by atoms with van der Waals surface area (Å²) in [6, 6.07) is 15.5. The molecule has 280 valence electrons. The Kier molecular flexibility index (Phi) is 17.3. The van der Waals surface area contributed by atoms with Crippen molar-refractivity contribution in [1.82, 2.24) is 26.2 Å². The van der Waals surface area contributed by atoms with Gasteiger partial charge < -0.3 is 26.0 Å². The van der Waals surface area contributed by atoms with Crippen LogP contribution >= 0.6 is 0 Å². The second-order valence-electron chi connectivity index (χ2n) is 14.7. The van der Waals surface area contributed by atoms with Crippen molar-refractivity contribution in [2.75, 3.05) is 32.8 Å². The maximum atomic E-state index is 14.0. The lowest BCUT2D eigenvalue weighted by Crippen LogP contribution is -2.59. The Morgan fingerprint density at radius 1 is 0.627 bits per heavy atom. The van der Waals surface area contributed by atoms with E-state index < -0.39 is 41.9 Å². The van der Waals surface area contributed by atoms with Gasteiger partial charge in [0.2, 0.25) is 23.6 Å². The van der Waals surface area contributed by atoms with Gasteiger partial charge in [-0.3, -0.25) is 28.9 Å². The predicted molar refractivity (Wildman–Crippen MR) is 199 cm³/mol. The molecular weight excluding hydrogens is 646 g/mol. The number of hydrogen-bond donors (Lipinski definition) is 4. The van der Waals surface area contributed by atoms with E-state index in [1.165, 1.54) is 0 Å². The molecule has 0 aliphatic carbocycles. The number of nitrogens with one attached hydrogen (secondary N) is 4. The number of hydrogen-bond acceptors (Lipinski definition) is 7. The van der Waals surface area contributed by atoms with Crippen LogP contribution in [0.4, 0.5) is 0 Å². The molecule has 2 aromatic rings. The molecule has 4 atom stereocenters. The second-order valence-corrected chi connectivity index (χ2v) is 14.7. The summed E-state index contributed by atoms with van der Waals surface area (Å²) in [6.07, 6.45) is 1.86. The Labute approximate surface area is 304 Å². The van der Waals surface area contributed by atoms with Gasteiger partial charge in [-0.15, -0.1) is 0 Å². The van der Waals surface area contributed by atoms with Crippen molar-refractivity contribution in [2.45, 2.75) is 97.8 Å². The van der Waals surface area contributed by atoms with E-state index in [1.54, 1.807) is 0 Å². The SMILES string of the molecule is CC(C)C[C@H](NC(=O)[C@H](CCc1ccccc1)NC(=O)CN1CCOCC1)C(=O)N[C@@H](Cc1ccccc1)C(=O)N[C@@H](CC(C)C)C(=O)C(C)C. The molecule has 1 fully saturated rings. The van der Waals surface area contributed by atoms with Gasteiger partial charge >= 0.3 is 0 Å². The van der Waals surface area contributed by atoms with Crippen LogP contribution in [0.5, 0.6) is 0 Å². The fourth-order valence-electron chi connectivity index (χ4n) is 6.13. The van der Waals surface area contributed by atoms with Crippen LogP contribution in [-0.2, 0) is 41.6 Å². The molecule has 1 aliphatic rings. The number of Topliss-reactive ketones (excluding diaryl/α,β-unsaturated/α-hetero) is 1. The van der Waals surface area contributed by atoms with E-state index in [0.717, 1.165) is 11.1 Å². The Hall–Kier alpha value is -4.09. The number of carbonyl (C=O) groups excluding carboxylic acids is 5. The number of ether oxygens (including phenoxy) is 1. The van der Waals surface area contributed by atoms with Crippen LogP contribution in [0, 0.1) is 17.8 Å². The Balaban J connectivity index is 1.81. The van der Waals surface area contributed by atoms with Crippen LogP contribution in [0.2, 0.25) is 0 Å². The highest BCUT2D eigenvalue weighted by molar-refractivity contribution is 5.96. The minimum absolute atomic E-state index is 0.0280. The first-order valence-electron chi connectivity index (χ1n) is 18.4. The molecule has 0 unspecified atom stereocenters. The van der Waals surface area contributed by atoms with E-state index >= 15 is 0 Å². The van der Waals surface area contributed by atoms with Crippen LogP contribution in [0.15, 0.2) is 60.7 Å². The molecule has 11 heteroatoms. The Morgan fingerprint density at radius 3 is 1.69 bits per heavy atom. The first kappa shape index (κ1) is 41.3. The van der Waals surface area contributed by atoms with E-state index in [-0.39, 0.29) is 42.4 Å². The number of amides is 4. The van der Waals surface area contributed by atoms with E-state index in [0.29, 0.717) is 52.0 Å². The average Bonchev–Trinajstić information content (AvgIpc) is 3.09. The molecule has 0 saturated carbocycles. The molecule has 0 bridgehead atoms. The molecule has 0 radical (unpaired) electrons. The van der Waals surface area contributed by atoms with Crippen LogP contribution in [0.25, 0.3) is 0 Å². The molecule has 0 spiro atoms. The molecule has 1 saturated heterocycles. The number of aryl methyl sites for hydroxylation is 1. The van der Waals surface area contributed by atoms with Gasteiger partial charge in [0.25, 0.3) is 0 Å². The Bertz CT molecular complexity index is 1390. The summed E-state index contributed by atoms with van der Waals surface area (Å²) in [5.41, 5.74) is 1.86. The van der Waals surface area contributed by atoms with E-state index in [4.69, 9.17) is 4.74 Å². The third kappa shape index (κ3) is 15.0. The molecule has 3 rings (SSSR count). The van der Waals surface area contributed by atoms with Crippen molar-refractivity contribution < 1.29 is 28.7 Å². The summed E-state index contributed by atoms with van der Waals surface area (Å²) in [5.74, 6) is -1.86. The highest BCUT2D eigenvalue weighted by Crippen LogP contribution is 2.14. The van der Waals surface area contributed by atoms with Gasteiger partial charge in [0.1, 0.15) is 18.1 Å². The molecule has 4 amide bonds. The van der Waals surface area contributed by atoms with Gasteiger partial charge in [0.05, 0.1) is 25.8 Å². The molecule has 51 heavy (non-hydrogen) atoms. The molecular formula is C40H59N5O6. The number of benzene rings is 2. The standard InChI is InChI=1S/C40H59N5O6/c1-27(2)23-33(37(47)29(5)6)42-40(50)35(25-31-15-11-8-12-16-31)44-39(49)34(24-28(3)4)43-38(48)32(18-17-30-13-9-7-10-14-30)41-36(46)26-45-19-21-51-22-20-45/h7-16,27-29,32-35H,17-26H2,1-6H3,(H,41,46)(H,42,50)(H,43,48)(H,44,49)/t32-,33-,34-,35-/m0/s1. The first-order chi connectivity index (χ1) is 24.3. The molecule has 4 N–H and O–H groups in total. The highest BCUT2D eigenvalue weighted by Gasteiger charge is 2.32. The number of rotatable bonds is 20. The predicted octanol–water partition coefficient (Wildman–Crippen LogP) is 3.45. The number of nitrogens with zero attached hydrogens (tertiary/aromatic N) is 1. The van der Waals surface area contributed by atoms with Crippen LogP contribution in [-0.4, -0.2) is 91.3 Å². The second kappa shape index (κ2) is 21.3. The maximum absolute atomic E-state index is 14.0. The number of morpholine rings is 1. The van der Waals surface area contributed by atoms with E-state index in [2.05, 4.69) is 21.3 Å². The third-order valence-electron chi connectivity index (χ3n) is 8.88. The minimum Gasteiger partial charge on any atom is -0.379 e. The van der Waals surface area contributed by atoms with Crippen molar-refractivity contribution in [3.63, 3.8) is 0 Å². The molecule has 1 aliphatic heterocycles. The summed E-state index contributed by atoms with van der Waals surface area (Å²) in [6.45, 7) is 14.0. The van der Waals surface area contributed by atoms with Crippen molar-refractivity contribution >= 4 is 29.4 Å². The summed E-state index contributed by atoms with van der Waals surface area (Å²) in [7, 11) is 0. The fraction of sp³-hybridized carbons (Fsp3) is 0.575. The van der Waals surface area contributed by atoms with Gasteiger partial charge in [-0.05, 0) is 48.6 Å². The largest absolute Gasteiger partial charge is 0.379 e. The lowest BCUT2D eigenvalue weighted by atomic mass is 9.93. The van der Waals surface area contributed by atoms with Gasteiger partial charge in [-0.25, -0.2) is 0 Å². The summed E-state index contributed by atoms with van der Waals surface area (Å²) in [5, 5.41) is 11.7. The zero-order valence-corrected chi connectivity index (χ0v) is 31.3. The fourth-order valence-corrected chi connectivity index (χ4v) is 6.13. The molecule has 0 aromatic heterocycles. The summed E-state index contributed by atoms with van der Waals surface area (Å²) < 4.78 is 5.40. The summed E-state index contributed by atoms with van der Waals surface area (Å²) in [4.78, 5) is 70.0. The topological polar surface area (TPSA) is 146 Å². The number of carbonyl (C=O) groups is 5. The van der Waals surface area contributed by atoms with Crippen molar-refractivity contribution in [1.29, 1.82) is 0 Å². The minimum atomic E-state index is -0.997.